The Balaban J connectivity index is 2.09. The van der Waals surface area contributed by atoms with Crippen LogP contribution in [0, 0.1) is 5.41 Å². The first-order valence-electron chi connectivity index (χ1n) is 5.80. The number of hydrogen-bond acceptors (Lipinski definition) is 3. The number of hydrogen-bond donors (Lipinski definition) is 2. The van der Waals surface area contributed by atoms with E-state index in [1.165, 1.54) is 10.3 Å². The van der Waals surface area contributed by atoms with Gasteiger partial charge in [-0.3, -0.25) is 5.41 Å². The molecule has 0 atom stereocenters. The second kappa shape index (κ2) is 5.67. The van der Waals surface area contributed by atoms with Gasteiger partial charge in [-0.15, -0.1) is 0 Å². The third kappa shape index (κ3) is 3.42. The molecule has 0 aliphatic rings. The first-order chi connectivity index (χ1) is 9.06. The van der Waals surface area contributed by atoms with Gasteiger partial charge in [0, 0.05) is 19.8 Å². The maximum absolute atomic E-state index is 7.55. The summed E-state index contributed by atoms with van der Waals surface area (Å²) in [5.74, 6) is 0. The van der Waals surface area contributed by atoms with Crippen molar-refractivity contribution in [3.05, 3.63) is 42.5 Å². The van der Waals surface area contributed by atoms with Crippen molar-refractivity contribution in [2.24, 2.45) is 0 Å². The Hall–Kier alpha value is -2.14. The molecule has 0 aromatic heterocycles. The lowest BCUT2D eigenvalue weighted by Gasteiger charge is -2.15. The number of thiocarbonyl (C=S) groups is 1. The van der Waals surface area contributed by atoms with Gasteiger partial charge < -0.3 is 15.0 Å². The van der Waals surface area contributed by atoms with E-state index < -0.39 is 0 Å². The van der Waals surface area contributed by atoms with Crippen molar-refractivity contribution in [1.82, 2.24) is 4.90 Å². The highest BCUT2D eigenvalue weighted by Gasteiger charge is 2.05. The number of benzene rings is 2. The Bertz CT molecular complexity index is 625. The van der Waals surface area contributed by atoms with Crippen LogP contribution in [0.4, 0.5) is 5.69 Å². The average Bonchev–Trinajstić information content (AvgIpc) is 2.38. The summed E-state index contributed by atoms with van der Waals surface area (Å²) in [6.07, 6.45) is 0. The van der Waals surface area contributed by atoms with Crippen molar-refractivity contribution in [1.29, 1.82) is 5.41 Å². The molecule has 19 heavy (non-hydrogen) atoms. The number of amidine groups is 1. The fourth-order valence-corrected chi connectivity index (χ4v) is 1.79. The Morgan fingerprint density at radius 3 is 2.53 bits per heavy atom. The Labute approximate surface area is 117 Å². The molecule has 0 unspecified atom stereocenters. The molecule has 0 amide bonds. The minimum absolute atomic E-state index is 0.00158. The molecule has 2 rings (SSSR count). The Morgan fingerprint density at radius 2 is 1.84 bits per heavy atom. The molecule has 4 nitrogen and oxygen atoms in total. The maximum Gasteiger partial charge on any atom is 0.291 e. The van der Waals surface area contributed by atoms with E-state index in [1.807, 2.05) is 36.4 Å². The smallest absolute Gasteiger partial charge is 0.291 e. The minimum atomic E-state index is -0.00158. The molecule has 0 fully saturated rings. The van der Waals surface area contributed by atoms with Gasteiger partial charge in [-0.05, 0) is 35.1 Å². The van der Waals surface area contributed by atoms with Crippen LogP contribution in [-0.4, -0.2) is 30.2 Å². The number of ether oxygens (including phenoxy) is 1. The van der Waals surface area contributed by atoms with E-state index in [0.29, 0.717) is 0 Å². The highest BCUT2D eigenvalue weighted by molar-refractivity contribution is 7.80. The molecule has 0 heterocycles. The zero-order valence-corrected chi connectivity index (χ0v) is 11.6. The number of nitrogens with zero attached hydrogens (tertiary/aromatic N) is 1. The molecule has 0 spiro atoms. The van der Waals surface area contributed by atoms with Crippen molar-refractivity contribution < 1.29 is 4.74 Å². The molecular weight excluding hydrogens is 258 g/mol. The van der Waals surface area contributed by atoms with Gasteiger partial charge in [0.2, 0.25) is 0 Å². The lowest BCUT2D eigenvalue weighted by Crippen LogP contribution is -2.28. The second-order valence-corrected chi connectivity index (χ2v) is 4.65. The fourth-order valence-electron chi connectivity index (χ4n) is 1.59. The molecule has 2 aromatic carbocycles. The average molecular weight is 273 g/mol. The lowest BCUT2D eigenvalue weighted by molar-refractivity contribution is 0.425. The predicted molar refractivity (Wildman–Crippen MR) is 82.7 cm³/mol. The number of anilines is 1. The molecule has 0 radical (unpaired) electrons. The van der Waals surface area contributed by atoms with Gasteiger partial charge in [0.05, 0.1) is 0 Å². The summed E-state index contributed by atoms with van der Waals surface area (Å²) in [6.45, 7) is 0. The van der Waals surface area contributed by atoms with Gasteiger partial charge >= 0.3 is 0 Å². The normalized spacial score (nSPS) is 10.0. The molecule has 0 aliphatic heterocycles. The number of fused-ring (bicyclic) bond motifs is 1. The van der Waals surface area contributed by atoms with E-state index in [4.69, 9.17) is 22.4 Å². The molecular formula is C14H15N3OS. The van der Waals surface area contributed by atoms with Gasteiger partial charge in [-0.1, -0.05) is 30.3 Å². The summed E-state index contributed by atoms with van der Waals surface area (Å²) in [7, 11) is 3.45. The number of nitrogens with one attached hydrogen (secondary N) is 2. The summed E-state index contributed by atoms with van der Waals surface area (Å²) in [5, 5.41) is 13.0. The van der Waals surface area contributed by atoms with E-state index >= 15 is 0 Å². The largest absolute Gasteiger partial charge is 0.398 e. The summed E-state index contributed by atoms with van der Waals surface area (Å²) >= 11 is 5.05. The van der Waals surface area contributed by atoms with Crippen LogP contribution in [0.5, 0.6) is 0 Å². The predicted octanol–water partition coefficient (Wildman–Crippen LogP) is 3.05. The summed E-state index contributed by atoms with van der Waals surface area (Å²) in [4.78, 5) is 1.54. The summed E-state index contributed by atoms with van der Waals surface area (Å²) in [6, 6.07) is 14.0. The van der Waals surface area contributed by atoms with Crippen LogP contribution in [0.25, 0.3) is 10.8 Å². The number of rotatable bonds is 1. The van der Waals surface area contributed by atoms with Crippen LogP contribution in [-0.2, 0) is 4.74 Å². The summed E-state index contributed by atoms with van der Waals surface area (Å²) < 4.78 is 5.16. The van der Waals surface area contributed by atoms with Crippen molar-refractivity contribution in [3.8, 4) is 0 Å². The first-order valence-corrected chi connectivity index (χ1v) is 6.20. The van der Waals surface area contributed by atoms with E-state index in [-0.39, 0.29) is 11.2 Å². The molecule has 5 heteroatoms. The lowest BCUT2D eigenvalue weighted by atomic mass is 10.1. The first kappa shape index (κ1) is 13.3. The van der Waals surface area contributed by atoms with E-state index in [9.17, 15) is 0 Å². The highest BCUT2D eigenvalue weighted by atomic mass is 32.1. The molecule has 98 valence electrons. The van der Waals surface area contributed by atoms with Crippen molar-refractivity contribution in [2.45, 2.75) is 0 Å². The van der Waals surface area contributed by atoms with Crippen molar-refractivity contribution in [3.63, 3.8) is 0 Å². The van der Waals surface area contributed by atoms with E-state index in [0.717, 1.165) is 11.1 Å². The van der Waals surface area contributed by atoms with Gasteiger partial charge in [0.1, 0.15) is 0 Å². The van der Waals surface area contributed by atoms with Crippen LogP contribution in [0.15, 0.2) is 42.5 Å². The second-order valence-electron chi connectivity index (χ2n) is 4.28. The van der Waals surface area contributed by atoms with Gasteiger partial charge in [-0.2, -0.15) is 0 Å². The topological polar surface area (TPSA) is 48.4 Å². The highest BCUT2D eigenvalue weighted by Crippen LogP contribution is 2.18. The molecule has 0 saturated heterocycles. The van der Waals surface area contributed by atoms with Crippen LogP contribution in [0.3, 0.4) is 0 Å². The standard InChI is InChI=1S/C14H15N3OS/c1-17(2)13(15)18-14(19)16-12-8-7-10-5-3-4-6-11(10)9-12/h3-9,15H,1-2H3,(H,16,19). The minimum Gasteiger partial charge on any atom is -0.398 e. The molecule has 2 N–H and O–H groups in total. The van der Waals surface area contributed by atoms with Gasteiger partial charge in [0.15, 0.2) is 0 Å². The monoisotopic (exact) mass is 273 g/mol. The SMILES string of the molecule is CN(C)C(=N)OC(=S)Nc1ccc2ccccc2c1. The van der Waals surface area contributed by atoms with Crippen molar-refractivity contribution >= 4 is 39.9 Å². The molecule has 0 saturated carbocycles. The van der Waals surface area contributed by atoms with Crippen LogP contribution in [0.1, 0.15) is 0 Å². The molecule has 0 aliphatic carbocycles. The zero-order chi connectivity index (χ0) is 13.8. The Kier molecular flexibility index (Phi) is 3.97. The van der Waals surface area contributed by atoms with Crippen molar-refractivity contribution in [2.75, 3.05) is 19.4 Å². The maximum atomic E-state index is 7.55. The zero-order valence-electron chi connectivity index (χ0n) is 10.8. The van der Waals surface area contributed by atoms with Gasteiger partial charge in [-0.25, -0.2) is 0 Å². The third-order valence-electron chi connectivity index (χ3n) is 2.59. The quantitative estimate of drug-likeness (QED) is 0.476. The van der Waals surface area contributed by atoms with Crippen LogP contribution in [0.2, 0.25) is 0 Å². The molecule has 2 aromatic rings. The summed E-state index contributed by atoms with van der Waals surface area (Å²) in [5.41, 5.74) is 0.843. The van der Waals surface area contributed by atoms with E-state index in [1.54, 1.807) is 14.1 Å². The molecule has 0 bridgehead atoms. The van der Waals surface area contributed by atoms with E-state index in [2.05, 4.69) is 11.4 Å². The fraction of sp³-hybridized carbons (Fsp3) is 0.143. The van der Waals surface area contributed by atoms with Crippen LogP contribution < -0.4 is 5.32 Å². The Morgan fingerprint density at radius 1 is 1.16 bits per heavy atom. The van der Waals surface area contributed by atoms with Crippen LogP contribution >= 0.6 is 12.2 Å². The third-order valence-corrected chi connectivity index (χ3v) is 2.78. The van der Waals surface area contributed by atoms with Gasteiger partial charge in [0.25, 0.3) is 11.2 Å².